The monoisotopic (exact) mass is 297 g/mol. The van der Waals surface area contributed by atoms with Gasteiger partial charge in [0.1, 0.15) is 11.5 Å². The van der Waals surface area contributed by atoms with Gasteiger partial charge in [0.05, 0.1) is 11.6 Å². The van der Waals surface area contributed by atoms with Crippen LogP contribution in [-0.2, 0) is 7.05 Å². The minimum Gasteiger partial charge on any atom is -0.319 e. The van der Waals surface area contributed by atoms with Crippen LogP contribution < -0.4 is 11.2 Å². The summed E-state index contributed by atoms with van der Waals surface area (Å²) in [5, 5.41) is 7.79. The van der Waals surface area contributed by atoms with E-state index in [0.717, 1.165) is 4.57 Å². The maximum Gasteiger partial charge on any atom is 0.330 e. The van der Waals surface area contributed by atoms with Gasteiger partial charge in [-0.25, -0.2) is 9.36 Å². The molecular weight excluding hydrogens is 282 g/mol. The molecule has 1 atom stereocenters. The normalized spacial score (nSPS) is 12.9. The van der Waals surface area contributed by atoms with Crippen LogP contribution >= 0.6 is 11.6 Å². The number of hydrogen-bond acceptors (Lipinski definition) is 4. The lowest BCUT2D eigenvalue weighted by molar-refractivity contribution is 0.523. The fraction of sp³-hybridized carbons (Fsp3) is 0.500. The Hall–Kier alpha value is -1.89. The van der Waals surface area contributed by atoms with Gasteiger partial charge < -0.3 is 4.57 Å². The van der Waals surface area contributed by atoms with Crippen LogP contribution in [0, 0.1) is 0 Å². The van der Waals surface area contributed by atoms with Crippen molar-refractivity contribution in [2.24, 2.45) is 7.05 Å². The van der Waals surface area contributed by atoms with Crippen molar-refractivity contribution in [1.29, 1.82) is 0 Å². The van der Waals surface area contributed by atoms with E-state index in [1.807, 2.05) is 13.8 Å². The van der Waals surface area contributed by atoms with Crippen LogP contribution in [-0.4, -0.2) is 24.3 Å². The molecule has 2 aromatic heterocycles. The molecule has 108 valence electrons. The van der Waals surface area contributed by atoms with E-state index in [4.69, 9.17) is 11.6 Å². The lowest BCUT2D eigenvalue weighted by Gasteiger charge is -2.16. The van der Waals surface area contributed by atoms with Crippen molar-refractivity contribution in [3.63, 3.8) is 0 Å². The predicted molar refractivity (Wildman–Crippen MR) is 75.2 cm³/mol. The summed E-state index contributed by atoms with van der Waals surface area (Å²) in [5.41, 5.74) is -0.565. The van der Waals surface area contributed by atoms with Gasteiger partial charge in [0, 0.05) is 7.05 Å². The van der Waals surface area contributed by atoms with Crippen molar-refractivity contribution in [1.82, 2.24) is 24.3 Å². The summed E-state index contributed by atoms with van der Waals surface area (Å²) in [4.78, 5) is 27.1. The number of halogens is 1. The van der Waals surface area contributed by atoms with Crippen LogP contribution in [0.25, 0.3) is 0 Å². The van der Waals surface area contributed by atoms with Gasteiger partial charge in [-0.3, -0.25) is 9.78 Å². The van der Waals surface area contributed by atoms with E-state index in [1.165, 1.54) is 6.33 Å². The Kier molecular flexibility index (Phi) is 3.80. The van der Waals surface area contributed by atoms with Crippen molar-refractivity contribution >= 4 is 11.6 Å². The second-order valence-corrected chi connectivity index (χ2v) is 5.34. The van der Waals surface area contributed by atoms with Crippen LogP contribution in [0.3, 0.4) is 0 Å². The summed E-state index contributed by atoms with van der Waals surface area (Å²) in [7, 11) is 1.75. The summed E-state index contributed by atoms with van der Waals surface area (Å²) in [6, 6.07) is -0.534. The Labute approximate surface area is 120 Å². The van der Waals surface area contributed by atoms with Crippen molar-refractivity contribution < 1.29 is 0 Å². The molecule has 1 N–H and O–H groups in total. The Morgan fingerprint density at radius 3 is 2.45 bits per heavy atom. The largest absolute Gasteiger partial charge is 0.330 e. The molecule has 0 radical (unpaired) electrons. The molecule has 0 fully saturated rings. The van der Waals surface area contributed by atoms with Crippen molar-refractivity contribution in [2.45, 2.75) is 32.7 Å². The highest BCUT2D eigenvalue weighted by Gasteiger charge is 2.22. The van der Waals surface area contributed by atoms with Crippen molar-refractivity contribution in [2.75, 3.05) is 0 Å². The van der Waals surface area contributed by atoms with Gasteiger partial charge in [0.25, 0.3) is 5.56 Å². The van der Waals surface area contributed by atoms with E-state index >= 15 is 0 Å². The Bertz CT molecular complexity index is 743. The fourth-order valence-electron chi connectivity index (χ4n) is 2.18. The van der Waals surface area contributed by atoms with Gasteiger partial charge >= 0.3 is 5.69 Å². The third-order valence-corrected chi connectivity index (χ3v) is 3.50. The van der Waals surface area contributed by atoms with Gasteiger partial charge in [0.15, 0.2) is 5.82 Å². The van der Waals surface area contributed by atoms with Crippen LogP contribution in [0.4, 0.5) is 0 Å². The van der Waals surface area contributed by atoms with Crippen LogP contribution in [0.15, 0.2) is 15.9 Å². The van der Waals surface area contributed by atoms with E-state index in [0.29, 0.717) is 11.4 Å². The molecule has 0 aliphatic rings. The molecule has 0 bridgehead atoms. The summed E-state index contributed by atoms with van der Waals surface area (Å²) in [5.74, 6) is 0.430. The standard InChI is InChI=1S/C12H16ClN5O2/c1-6(2)8-9(13)15-12(20)18(11(8)19)7(3)10-16-14-5-17(10)4/h5-7H,1-4H3,(H,15,20). The maximum atomic E-state index is 12.5. The van der Waals surface area contributed by atoms with E-state index in [9.17, 15) is 9.59 Å². The maximum absolute atomic E-state index is 12.5. The molecular formula is C12H16ClN5O2. The molecule has 0 saturated carbocycles. The van der Waals surface area contributed by atoms with Crippen LogP contribution in [0.1, 0.15) is 44.1 Å². The average Bonchev–Trinajstić information content (AvgIpc) is 2.73. The second kappa shape index (κ2) is 5.24. The van der Waals surface area contributed by atoms with Crippen LogP contribution in [0.5, 0.6) is 0 Å². The zero-order chi connectivity index (χ0) is 15.0. The molecule has 2 rings (SSSR count). The molecule has 2 aromatic rings. The highest BCUT2D eigenvalue weighted by atomic mass is 35.5. The molecule has 8 heteroatoms. The number of nitrogens with zero attached hydrogens (tertiary/aromatic N) is 4. The first-order valence-electron chi connectivity index (χ1n) is 6.22. The number of hydrogen-bond donors (Lipinski definition) is 1. The third-order valence-electron chi connectivity index (χ3n) is 3.21. The molecule has 1 unspecified atom stereocenters. The minimum absolute atomic E-state index is 0.0928. The Morgan fingerprint density at radius 1 is 1.30 bits per heavy atom. The van der Waals surface area contributed by atoms with Gasteiger partial charge in [0.2, 0.25) is 0 Å². The van der Waals surface area contributed by atoms with Gasteiger partial charge in [-0.2, -0.15) is 0 Å². The number of rotatable bonds is 3. The first kappa shape index (κ1) is 14.5. The topological polar surface area (TPSA) is 85.6 Å². The predicted octanol–water partition coefficient (Wildman–Crippen LogP) is 1.05. The smallest absolute Gasteiger partial charge is 0.319 e. The fourth-order valence-corrected chi connectivity index (χ4v) is 2.56. The van der Waals surface area contributed by atoms with Gasteiger partial charge in [-0.05, 0) is 12.8 Å². The van der Waals surface area contributed by atoms with E-state index < -0.39 is 17.3 Å². The molecule has 2 heterocycles. The van der Waals surface area contributed by atoms with E-state index in [2.05, 4.69) is 15.2 Å². The molecule has 7 nitrogen and oxygen atoms in total. The summed E-state index contributed by atoms with van der Waals surface area (Å²) >= 11 is 5.96. The summed E-state index contributed by atoms with van der Waals surface area (Å²) < 4.78 is 2.78. The average molecular weight is 298 g/mol. The number of nitrogens with one attached hydrogen (secondary N) is 1. The summed E-state index contributed by atoms with van der Waals surface area (Å²) in [6.07, 6.45) is 1.52. The van der Waals surface area contributed by atoms with Gasteiger partial charge in [-0.15, -0.1) is 10.2 Å². The summed E-state index contributed by atoms with van der Waals surface area (Å²) in [6.45, 7) is 5.41. The zero-order valence-corrected chi connectivity index (χ0v) is 12.5. The first-order valence-corrected chi connectivity index (χ1v) is 6.60. The lowest BCUT2D eigenvalue weighted by Crippen LogP contribution is -2.40. The molecule has 0 spiro atoms. The molecule has 0 aliphatic heterocycles. The lowest BCUT2D eigenvalue weighted by atomic mass is 10.1. The highest BCUT2D eigenvalue weighted by molar-refractivity contribution is 6.30. The molecule has 0 aromatic carbocycles. The molecule has 0 aliphatic carbocycles. The third kappa shape index (κ3) is 2.29. The zero-order valence-electron chi connectivity index (χ0n) is 11.7. The first-order chi connectivity index (χ1) is 9.34. The molecule has 20 heavy (non-hydrogen) atoms. The minimum atomic E-state index is -0.556. The number of H-pyrrole nitrogens is 1. The number of aromatic nitrogens is 5. The Balaban J connectivity index is 2.70. The van der Waals surface area contributed by atoms with Crippen LogP contribution in [0.2, 0.25) is 5.15 Å². The van der Waals surface area contributed by atoms with E-state index in [1.54, 1.807) is 18.5 Å². The molecule has 0 saturated heterocycles. The van der Waals surface area contributed by atoms with E-state index in [-0.39, 0.29) is 11.1 Å². The van der Waals surface area contributed by atoms with Crippen molar-refractivity contribution in [3.8, 4) is 0 Å². The highest BCUT2D eigenvalue weighted by Crippen LogP contribution is 2.18. The quantitative estimate of drug-likeness (QED) is 0.858. The molecule has 0 amide bonds. The van der Waals surface area contributed by atoms with Crippen molar-refractivity contribution in [3.05, 3.63) is 43.7 Å². The van der Waals surface area contributed by atoms with Gasteiger partial charge in [-0.1, -0.05) is 25.4 Å². The Morgan fingerprint density at radius 2 is 1.95 bits per heavy atom. The second-order valence-electron chi connectivity index (χ2n) is 4.96. The number of aryl methyl sites for hydroxylation is 1. The number of aromatic amines is 1. The SMILES string of the molecule is CC(C)c1c(Cl)[nH]c(=O)n(C(C)c2nncn2C)c1=O.